The molecule has 0 saturated carbocycles. The van der Waals surface area contributed by atoms with E-state index >= 15 is 0 Å². The second kappa shape index (κ2) is 8.98. The Hall–Kier alpha value is -4.60. The van der Waals surface area contributed by atoms with Gasteiger partial charge in [-0.2, -0.15) is 18.3 Å². The van der Waals surface area contributed by atoms with Crippen molar-refractivity contribution >= 4 is 17.4 Å². The van der Waals surface area contributed by atoms with Gasteiger partial charge in [0, 0.05) is 35.8 Å². The predicted molar refractivity (Wildman–Crippen MR) is 126 cm³/mol. The fraction of sp³-hybridized carbons (Fsp3) is 0.0800. The summed E-state index contributed by atoms with van der Waals surface area (Å²) in [7, 11) is 0. The lowest BCUT2D eigenvalue weighted by molar-refractivity contribution is -0.137. The lowest BCUT2D eigenvalue weighted by atomic mass is 10.1. The summed E-state index contributed by atoms with van der Waals surface area (Å²) in [6.45, 7) is 0.215. The highest BCUT2D eigenvalue weighted by atomic mass is 19.4. The molecule has 7 nitrogen and oxygen atoms in total. The third kappa shape index (κ3) is 4.86. The van der Waals surface area contributed by atoms with Gasteiger partial charge in [0.2, 0.25) is 0 Å². The summed E-state index contributed by atoms with van der Waals surface area (Å²) >= 11 is 0. The molecular formula is C25H19F3N6O. The molecule has 3 aromatic heterocycles. The van der Waals surface area contributed by atoms with Crippen LogP contribution in [0.15, 0.2) is 85.5 Å². The summed E-state index contributed by atoms with van der Waals surface area (Å²) in [4.78, 5) is 16.6. The van der Waals surface area contributed by atoms with E-state index in [9.17, 15) is 18.0 Å². The van der Waals surface area contributed by atoms with Crippen LogP contribution in [0.4, 0.5) is 23.7 Å². The Balaban J connectivity index is 1.23. The van der Waals surface area contributed by atoms with E-state index in [4.69, 9.17) is 0 Å². The number of carbonyl (C=O) groups excluding carboxylic acids is 1. The standard InChI is InChI=1S/C25H19F3N6O/c26-25(27,28)20-2-1-3-21(11-20)33-24(35)30-12-16-4-6-17(7-5-16)22-15-29-23-10-18(8-9-34(22)23)19-13-31-32-14-19/h1-11,13-15H,12H2,(H,31,32)(H2,30,33,35). The van der Waals surface area contributed by atoms with Crippen molar-refractivity contribution in [2.45, 2.75) is 12.7 Å². The number of halogens is 3. The first kappa shape index (κ1) is 22.2. The van der Waals surface area contributed by atoms with Gasteiger partial charge in [0.1, 0.15) is 5.65 Å². The second-order valence-corrected chi connectivity index (χ2v) is 7.86. The maximum absolute atomic E-state index is 12.8. The van der Waals surface area contributed by atoms with E-state index in [1.54, 1.807) is 12.4 Å². The predicted octanol–water partition coefficient (Wildman–Crippen LogP) is 5.73. The number of imidazole rings is 1. The zero-order valence-corrected chi connectivity index (χ0v) is 18.2. The topological polar surface area (TPSA) is 87.1 Å². The van der Waals surface area contributed by atoms with Gasteiger partial charge in [-0.3, -0.25) is 9.50 Å². The third-order valence-electron chi connectivity index (χ3n) is 5.50. The zero-order chi connectivity index (χ0) is 24.4. The molecule has 0 fully saturated rings. The zero-order valence-electron chi connectivity index (χ0n) is 18.2. The van der Waals surface area contributed by atoms with Gasteiger partial charge in [-0.05, 0) is 41.5 Å². The molecule has 0 aliphatic heterocycles. The number of amides is 2. The summed E-state index contributed by atoms with van der Waals surface area (Å²) in [5.74, 6) is 0. The van der Waals surface area contributed by atoms with Crippen molar-refractivity contribution < 1.29 is 18.0 Å². The van der Waals surface area contributed by atoms with Gasteiger partial charge >= 0.3 is 12.2 Å². The highest BCUT2D eigenvalue weighted by Gasteiger charge is 2.30. The Morgan fingerprint density at radius 1 is 0.971 bits per heavy atom. The molecular weight excluding hydrogens is 457 g/mol. The van der Waals surface area contributed by atoms with Gasteiger partial charge in [-0.25, -0.2) is 9.78 Å². The summed E-state index contributed by atoms with van der Waals surface area (Å²) in [6, 6.07) is 15.5. The first-order valence-electron chi connectivity index (χ1n) is 10.6. The SMILES string of the molecule is O=C(NCc1ccc(-c2cnc3cc(-c4cn[nH]c4)ccn23)cc1)Nc1cccc(C(F)(F)F)c1. The number of anilines is 1. The Morgan fingerprint density at radius 2 is 1.80 bits per heavy atom. The second-order valence-electron chi connectivity index (χ2n) is 7.86. The molecule has 0 aliphatic carbocycles. The van der Waals surface area contributed by atoms with Crippen LogP contribution in [-0.2, 0) is 12.7 Å². The number of hydrogen-bond acceptors (Lipinski definition) is 3. The number of benzene rings is 2. The van der Waals surface area contributed by atoms with Crippen LogP contribution in [0.25, 0.3) is 28.0 Å². The first-order chi connectivity index (χ1) is 16.9. The van der Waals surface area contributed by atoms with E-state index in [2.05, 4.69) is 25.8 Å². The number of nitrogens with zero attached hydrogens (tertiary/aromatic N) is 3. The highest BCUT2D eigenvalue weighted by molar-refractivity contribution is 5.89. The summed E-state index contributed by atoms with van der Waals surface area (Å²) in [5.41, 5.74) is 4.73. The molecule has 5 rings (SSSR count). The van der Waals surface area contributed by atoms with Crippen molar-refractivity contribution in [2.24, 2.45) is 0 Å². The molecule has 10 heteroatoms. The summed E-state index contributed by atoms with van der Waals surface area (Å²) in [5, 5.41) is 11.9. The molecule has 35 heavy (non-hydrogen) atoms. The van der Waals surface area contributed by atoms with Crippen LogP contribution >= 0.6 is 0 Å². The minimum absolute atomic E-state index is 0.0659. The molecule has 3 heterocycles. The molecule has 0 radical (unpaired) electrons. The first-order valence-corrected chi connectivity index (χ1v) is 10.6. The van der Waals surface area contributed by atoms with E-state index in [0.29, 0.717) is 0 Å². The van der Waals surface area contributed by atoms with E-state index in [-0.39, 0.29) is 12.2 Å². The molecule has 176 valence electrons. The molecule has 2 amide bonds. The minimum atomic E-state index is -4.47. The van der Waals surface area contributed by atoms with Crippen molar-refractivity contribution in [3.63, 3.8) is 0 Å². The number of fused-ring (bicyclic) bond motifs is 1. The average molecular weight is 476 g/mol. The molecule has 0 atom stereocenters. The van der Waals surface area contributed by atoms with E-state index in [1.807, 2.05) is 53.2 Å². The van der Waals surface area contributed by atoms with Gasteiger partial charge < -0.3 is 10.6 Å². The van der Waals surface area contributed by atoms with Crippen LogP contribution in [0.2, 0.25) is 0 Å². The maximum Gasteiger partial charge on any atom is 0.416 e. The number of H-pyrrole nitrogens is 1. The quantitative estimate of drug-likeness (QED) is 0.303. The number of hydrogen-bond donors (Lipinski definition) is 3. The number of urea groups is 1. The summed E-state index contributed by atoms with van der Waals surface area (Å²) in [6.07, 6.45) is 2.85. The largest absolute Gasteiger partial charge is 0.416 e. The molecule has 2 aromatic carbocycles. The van der Waals surface area contributed by atoms with E-state index in [0.717, 1.165) is 45.7 Å². The number of pyridine rings is 1. The van der Waals surface area contributed by atoms with Gasteiger partial charge in [-0.15, -0.1) is 0 Å². The number of aromatic nitrogens is 4. The number of rotatable bonds is 5. The number of carbonyl (C=O) groups is 1. The van der Waals surface area contributed by atoms with Gasteiger partial charge in [-0.1, -0.05) is 30.3 Å². The number of nitrogens with one attached hydrogen (secondary N) is 3. The van der Waals surface area contributed by atoms with E-state index in [1.165, 1.54) is 12.1 Å². The lowest BCUT2D eigenvalue weighted by Gasteiger charge is -2.11. The molecule has 0 aliphatic rings. The minimum Gasteiger partial charge on any atom is -0.334 e. The maximum atomic E-state index is 12.8. The van der Waals surface area contributed by atoms with Crippen LogP contribution in [0, 0.1) is 0 Å². The normalized spacial score (nSPS) is 11.5. The van der Waals surface area contributed by atoms with Crippen LogP contribution in [0.3, 0.4) is 0 Å². The van der Waals surface area contributed by atoms with Gasteiger partial charge in [0.15, 0.2) is 0 Å². The van der Waals surface area contributed by atoms with E-state index < -0.39 is 17.8 Å². The summed E-state index contributed by atoms with van der Waals surface area (Å²) < 4.78 is 40.5. The van der Waals surface area contributed by atoms with Crippen molar-refractivity contribution in [1.82, 2.24) is 24.9 Å². The Morgan fingerprint density at radius 3 is 2.54 bits per heavy atom. The molecule has 0 spiro atoms. The Kier molecular flexibility index (Phi) is 5.69. The molecule has 0 bridgehead atoms. The molecule has 5 aromatic rings. The fourth-order valence-corrected chi connectivity index (χ4v) is 3.71. The molecule has 0 saturated heterocycles. The fourth-order valence-electron chi connectivity index (χ4n) is 3.71. The Bertz CT molecular complexity index is 1470. The average Bonchev–Trinajstić information content (AvgIpc) is 3.53. The number of alkyl halides is 3. The van der Waals surface area contributed by atoms with Crippen LogP contribution in [0.5, 0.6) is 0 Å². The molecule has 3 N–H and O–H groups in total. The monoisotopic (exact) mass is 476 g/mol. The molecule has 0 unspecified atom stereocenters. The van der Waals surface area contributed by atoms with Crippen molar-refractivity contribution in [1.29, 1.82) is 0 Å². The van der Waals surface area contributed by atoms with Crippen molar-refractivity contribution in [2.75, 3.05) is 5.32 Å². The lowest BCUT2D eigenvalue weighted by Crippen LogP contribution is -2.28. The van der Waals surface area contributed by atoms with Crippen molar-refractivity contribution in [3.8, 4) is 22.4 Å². The Labute approximate surface area is 197 Å². The van der Waals surface area contributed by atoms with Crippen molar-refractivity contribution in [3.05, 3.63) is 96.6 Å². The van der Waals surface area contributed by atoms with Crippen LogP contribution in [0.1, 0.15) is 11.1 Å². The highest BCUT2D eigenvalue weighted by Crippen LogP contribution is 2.30. The van der Waals surface area contributed by atoms with Gasteiger partial charge in [0.05, 0.1) is 23.7 Å². The van der Waals surface area contributed by atoms with Gasteiger partial charge in [0.25, 0.3) is 0 Å². The number of aromatic amines is 1. The van der Waals surface area contributed by atoms with Crippen LogP contribution in [-0.4, -0.2) is 25.6 Å². The smallest absolute Gasteiger partial charge is 0.334 e. The third-order valence-corrected chi connectivity index (χ3v) is 5.50. The van der Waals surface area contributed by atoms with Crippen LogP contribution < -0.4 is 10.6 Å².